The molecule has 0 unspecified atom stereocenters. The van der Waals surface area contributed by atoms with Crippen LogP contribution < -0.4 is 15.2 Å². The van der Waals surface area contributed by atoms with E-state index in [0.717, 1.165) is 35.8 Å². The molecule has 1 fully saturated rings. The van der Waals surface area contributed by atoms with Gasteiger partial charge in [0.25, 0.3) is 0 Å². The summed E-state index contributed by atoms with van der Waals surface area (Å²) in [5.74, 6) is 2.40. The molecule has 0 spiro atoms. The average molecular weight is 293 g/mol. The molecule has 0 aliphatic heterocycles. The molecule has 2 rings (SSSR count). The number of rotatable bonds is 5. The van der Waals surface area contributed by atoms with E-state index in [1.165, 1.54) is 19.3 Å². The van der Waals surface area contributed by atoms with Crippen molar-refractivity contribution in [2.75, 3.05) is 7.11 Å². The van der Waals surface area contributed by atoms with Crippen molar-refractivity contribution < 1.29 is 9.47 Å². The molecule has 0 heterocycles. The van der Waals surface area contributed by atoms with Crippen molar-refractivity contribution >= 4 is 17.2 Å². The quantitative estimate of drug-likeness (QED) is 0.841. The number of nitrogens with two attached hydrogens (primary N) is 1. The van der Waals surface area contributed by atoms with E-state index in [2.05, 4.69) is 6.92 Å². The SMILES string of the molecule is CCC1CCC(Oc2cc(OC)cc(C(N)=S)c2)CC1. The van der Waals surface area contributed by atoms with E-state index in [-0.39, 0.29) is 0 Å². The van der Waals surface area contributed by atoms with Crippen molar-refractivity contribution in [1.82, 2.24) is 0 Å². The average Bonchev–Trinajstić information content (AvgIpc) is 2.47. The summed E-state index contributed by atoms with van der Waals surface area (Å²) in [6.07, 6.45) is 6.33. The summed E-state index contributed by atoms with van der Waals surface area (Å²) in [5, 5.41) is 0. The topological polar surface area (TPSA) is 44.5 Å². The van der Waals surface area contributed by atoms with Gasteiger partial charge >= 0.3 is 0 Å². The highest BCUT2D eigenvalue weighted by Crippen LogP contribution is 2.31. The molecular formula is C16H23NO2S. The van der Waals surface area contributed by atoms with Gasteiger partial charge in [-0.1, -0.05) is 25.6 Å². The second-order valence-corrected chi connectivity index (χ2v) is 5.87. The third-order valence-corrected chi connectivity index (χ3v) is 4.31. The summed E-state index contributed by atoms with van der Waals surface area (Å²) >= 11 is 5.03. The Balaban J connectivity index is 2.05. The molecule has 0 atom stereocenters. The number of hydrogen-bond acceptors (Lipinski definition) is 3. The Morgan fingerprint density at radius 3 is 2.40 bits per heavy atom. The Kier molecular flexibility index (Phi) is 5.24. The van der Waals surface area contributed by atoms with Crippen LogP contribution >= 0.6 is 12.2 Å². The molecule has 0 radical (unpaired) electrons. The van der Waals surface area contributed by atoms with Crippen molar-refractivity contribution in [3.8, 4) is 11.5 Å². The van der Waals surface area contributed by atoms with E-state index < -0.39 is 0 Å². The maximum Gasteiger partial charge on any atom is 0.124 e. The molecule has 3 nitrogen and oxygen atoms in total. The molecule has 20 heavy (non-hydrogen) atoms. The van der Waals surface area contributed by atoms with Crippen LogP contribution in [0.25, 0.3) is 0 Å². The van der Waals surface area contributed by atoms with Gasteiger partial charge in [0, 0.05) is 11.6 Å². The number of ether oxygens (including phenoxy) is 2. The van der Waals surface area contributed by atoms with Gasteiger partial charge in [-0.3, -0.25) is 0 Å². The molecule has 1 aliphatic carbocycles. The van der Waals surface area contributed by atoms with Crippen molar-refractivity contribution in [3.63, 3.8) is 0 Å². The lowest BCUT2D eigenvalue weighted by Crippen LogP contribution is -2.24. The fraction of sp³-hybridized carbons (Fsp3) is 0.562. The van der Waals surface area contributed by atoms with Gasteiger partial charge in [0.1, 0.15) is 16.5 Å². The van der Waals surface area contributed by atoms with Gasteiger partial charge in [-0.25, -0.2) is 0 Å². The van der Waals surface area contributed by atoms with E-state index >= 15 is 0 Å². The van der Waals surface area contributed by atoms with Crippen molar-refractivity contribution in [1.29, 1.82) is 0 Å². The smallest absolute Gasteiger partial charge is 0.124 e. The summed E-state index contributed by atoms with van der Waals surface area (Å²) in [6, 6.07) is 5.63. The van der Waals surface area contributed by atoms with Crippen LogP contribution in [0.2, 0.25) is 0 Å². The minimum absolute atomic E-state index is 0.295. The molecule has 1 aromatic carbocycles. The lowest BCUT2D eigenvalue weighted by atomic mass is 9.86. The summed E-state index contributed by atoms with van der Waals surface area (Å²) < 4.78 is 11.4. The molecule has 110 valence electrons. The Labute approximate surface area is 126 Å². The van der Waals surface area contributed by atoms with Crippen molar-refractivity contribution in [3.05, 3.63) is 23.8 Å². The third-order valence-electron chi connectivity index (χ3n) is 4.07. The van der Waals surface area contributed by atoms with Crippen molar-refractivity contribution in [2.24, 2.45) is 11.7 Å². The van der Waals surface area contributed by atoms with Gasteiger partial charge in [0.05, 0.1) is 13.2 Å². The zero-order valence-corrected chi connectivity index (χ0v) is 13.0. The Hall–Kier alpha value is -1.29. The molecule has 2 N–H and O–H groups in total. The lowest BCUT2D eigenvalue weighted by molar-refractivity contribution is 0.129. The van der Waals surface area contributed by atoms with Gasteiger partial charge in [0.15, 0.2) is 0 Å². The summed E-state index contributed by atoms with van der Waals surface area (Å²) in [7, 11) is 1.63. The summed E-state index contributed by atoms with van der Waals surface area (Å²) in [5.41, 5.74) is 6.48. The van der Waals surface area contributed by atoms with Crippen LogP contribution in [0.1, 0.15) is 44.6 Å². The van der Waals surface area contributed by atoms with Crippen LogP contribution in [0, 0.1) is 5.92 Å². The van der Waals surface area contributed by atoms with Crippen LogP contribution in [0.5, 0.6) is 11.5 Å². The zero-order chi connectivity index (χ0) is 14.5. The second-order valence-electron chi connectivity index (χ2n) is 5.43. The predicted octanol–water partition coefficient (Wildman–Crippen LogP) is 3.68. The maximum atomic E-state index is 6.09. The van der Waals surface area contributed by atoms with E-state index in [4.69, 9.17) is 27.4 Å². The van der Waals surface area contributed by atoms with Crippen LogP contribution in [-0.4, -0.2) is 18.2 Å². The normalized spacial score (nSPS) is 22.3. The molecule has 1 aromatic rings. The lowest BCUT2D eigenvalue weighted by Gasteiger charge is -2.28. The minimum Gasteiger partial charge on any atom is -0.497 e. The third kappa shape index (κ3) is 3.85. The van der Waals surface area contributed by atoms with E-state index in [9.17, 15) is 0 Å². The molecule has 1 saturated carbocycles. The van der Waals surface area contributed by atoms with Crippen LogP contribution in [0.15, 0.2) is 18.2 Å². The predicted molar refractivity (Wildman–Crippen MR) is 85.5 cm³/mol. The first kappa shape index (κ1) is 15.1. The first-order valence-corrected chi connectivity index (χ1v) is 7.68. The number of benzene rings is 1. The molecule has 0 amide bonds. The van der Waals surface area contributed by atoms with Gasteiger partial charge in [-0.15, -0.1) is 0 Å². The van der Waals surface area contributed by atoms with Gasteiger partial charge in [0.2, 0.25) is 0 Å². The fourth-order valence-corrected chi connectivity index (χ4v) is 2.87. The fourth-order valence-electron chi connectivity index (χ4n) is 2.75. The molecular weight excluding hydrogens is 270 g/mol. The first-order valence-electron chi connectivity index (χ1n) is 7.28. The van der Waals surface area contributed by atoms with Gasteiger partial charge in [-0.05, 0) is 43.7 Å². The highest BCUT2D eigenvalue weighted by molar-refractivity contribution is 7.80. The number of methoxy groups -OCH3 is 1. The standard InChI is InChI=1S/C16H23NO2S/c1-3-11-4-6-13(7-5-11)19-15-9-12(16(17)20)8-14(10-15)18-2/h8-11,13H,3-7H2,1-2H3,(H2,17,20). The highest BCUT2D eigenvalue weighted by Gasteiger charge is 2.21. The van der Waals surface area contributed by atoms with E-state index in [1.807, 2.05) is 18.2 Å². The molecule has 0 bridgehead atoms. The van der Waals surface area contributed by atoms with Gasteiger partial charge < -0.3 is 15.2 Å². The largest absolute Gasteiger partial charge is 0.497 e. The Morgan fingerprint density at radius 2 is 1.85 bits per heavy atom. The van der Waals surface area contributed by atoms with Crippen molar-refractivity contribution in [2.45, 2.75) is 45.1 Å². The zero-order valence-electron chi connectivity index (χ0n) is 12.2. The summed E-state index contributed by atoms with van der Waals surface area (Å²) in [6.45, 7) is 2.27. The molecule has 1 aliphatic rings. The van der Waals surface area contributed by atoms with Crippen LogP contribution in [0.3, 0.4) is 0 Å². The van der Waals surface area contributed by atoms with E-state index in [1.54, 1.807) is 7.11 Å². The molecule has 4 heteroatoms. The number of hydrogen-bond donors (Lipinski definition) is 1. The second kappa shape index (κ2) is 6.93. The van der Waals surface area contributed by atoms with Gasteiger partial charge in [-0.2, -0.15) is 0 Å². The monoisotopic (exact) mass is 293 g/mol. The summed E-state index contributed by atoms with van der Waals surface area (Å²) in [4.78, 5) is 0.364. The first-order chi connectivity index (χ1) is 9.62. The van der Waals surface area contributed by atoms with E-state index in [0.29, 0.717) is 11.1 Å². The molecule has 0 aromatic heterocycles. The van der Waals surface area contributed by atoms with Crippen LogP contribution in [-0.2, 0) is 0 Å². The Morgan fingerprint density at radius 1 is 1.20 bits per heavy atom. The number of thiocarbonyl (C=S) groups is 1. The Bertz CT molecular complexity index is 468. The molecule has 0 saturated heterocycles. The minimum atomic E-state index is 0.295. The highest BCUT2D eigenvalue weighted by atomic mass is 32.1. The van der Waals surface area contributed by atoms with Crippen LogP contribution in [0.4, 0.5) is 0 Å². The maximum absolute atomic E-state index is 6.09.